The van der Waals surface area contributed by atoms with E-state index in [2.05, 4.69) is 10.5 Å². The predicted octanol–water partition coefficient (Wildman–Crippen LogP) is 3.69. The number of aliphatic hydroxyl groups is 1. The summed E-state index contributed by atoms with van der Waals surface area (Å²) in [5, 5.41) is 24.9. The lowest BCUT2D eigenvalue weighted by atomic mass is 10.1. The summed E-state index contributed by atoms with van der Waals surface area (Å²) in [4.78, 5) is 22.3. The Hall–Kier alpha value is -3.49. The van der Waals surface area contributed by atoms with Gasteiger partial charge in [-0.25, -0.2) is 5.43 Å². The zero-order valence-corrected chi connectivity index (χ0v) is 15.0. The first-order valence-corrected chi connectivity index (χ1v) is 8.43. The van der Waals surface area contributed by atoms with Crippen LogP contribution in [-0.4, -0.2) is 22.2 Å². The van der Waals surface area contributed by atoms with Crippen LogP contribution in [0.3, 0.4) is 0 Å². The average Bonchev–Trinajstić information content (AvgIpc) is 3.16. The largest absolute Gasteiger partial charge is 0.455 e. The first-order valence-electron chi connectivity index (χ1n) is 8.06. The Morgan fingerprint density at radius 2 is 1.96 bits per heavy atom. The van der Waals surface area contributed by atoms with Crippen molar-refractivity contribution < 1.29 is 19.2 Å². The monoisotopic (exact) mass is 399 g/mol. The Bertz CT molecular complexity index is 1030. The number of carbonyl (C=O) groups excluding carboxylic acids is 1. The number of nitro benzene ring substituents is 1. The van der Waals surface area contributed by atoms with Crippen LogP contribution in [0.4, 0.5) is 5.69 Å². The average molecular weight is 400 g/mol. The SMILES string of the molecule is O=C(N/N=C/c1ccc(-c2cc([N+](=O)[O-])ccc2Cl)o1)C(O)c1ccccc1. The maximum absolute atomic E-state index is 11.9. The van der Waals surface area contributed by atoms with Crippen LogP contribution in [0.5, 0.6) is 0 Å². The number of aliphatic hydroxyl groups excluding tert-OH is 1. The van der Waals surface area contributed by atoms with E-state index in [4.69, 9.17) is 16.0 Å². The molecule has 1 aromatic heterocycles. The second-order valence-electron chi connectivity index (χ2n) is 5.67. The molecule has 3 aromatic rings. The number of furan rings is 1. The van der Waals surface area contributed by atoms with E-state index in [1.54, 1.807) is 42.5 Å². The topological polar surface area (TPSA) is 118 Å². The van der Waals surface area contributed by atoms with E-state index in [1.165, 1.54) is 24.4 Å². The van der Waals surface area contributed by atoms with E-state index in [0.717, 1.165) is 0 Å². The minimum atomic E-state index is -1.35. The van der Waals surface area contributed by atoms with Gasteiger partial charge < -0.3 is 9.52 Å². The van der Waals surface area contributed by atoms with Crippen LogP contribution < -0.4 is 5.43 Å². The van der Waals surface area contributed by atoms with Gasteiger partial charge in [-0.15, -0.1) is 0 Å². The first kappa shape index (κ1) is 19.3. The number of nitro groups is 1. The summed E-state index contributed by atoms with van der Waals surface area (Å²) >= 11 is 6.08. The van der Waals surface area contributed by atoms with Crippen LogP contribution in [-0.2, 0) is 4.79 Å². The molecular formula is C19H14ClN3O5. The molecule has 3 rings (SSSR count). The number of amides is 1. The molecule has 8 nitrogen and oxygen atoms in total. The molecule has 28 heavy (non-hydrogen) atoms. The Balaban J connectivity index is 1.69. The molecule has 1 amide bonds. The third kappa shape index (κ3) is 4.43. The molecule has 0 aliphatic rings. The van der Waals surface area contributed by atoms with Crippen LogP contribution in [0.25, 0.3) is 11.3 Å². The number of hydrogen-bond acceptors (Lipinski definition) is 6. The molecule has 0 aliphatic heterocycles. The lowest BCUT2D eigenvalue weighted by molar-refractivity contribution is -0.384. The second-order valence-corrected chi connectivity index (χ2v) is 6.08. The third-order valence-corrected chi connectivity index (χ3v) is 4.11. The van der Waals surface area contributed by atoms with E-state index in [9.17, 15) is 20.0 Å². The summed E-state index contributed by atoms with van der Waals surface area (Å²) < 4.78 is 5.54. The molecule has 0 radical (unpaired) electrons. The summed E-state index contributed by atoms with van der Waals surface area (Å²) in [6, 6.07) is 15.6. The molecule has 2 aromatic carbocycles. The molecular weight excluding hydrogens is 386 g/mol. The number of hydrazone groups is 1. The van der Waals surface area contributed by atoms with Crippen molar-refractivity contribution in [2.75, 3.05) is 0 Å². The summed E-state index contributed by atoms with van der Waals surface area (Å²) in [6.45, 7) is 0. The van der Waals surface area contributed by atoms with Gasteiger partial charge in [0.15, 0.2) is 6.10 Å². The van der Waals surface area contributed by atoms with Crippen molar-refractivity contribution in [3.8, 4) is 11.3 Å². The lowest BCUT2D eigenvalue weighted by Crippen LogP contribution is -2.25. The number of rotatable bonds is 6. The van der Waals surface area contributed by atoms with Crippen molar-refractivity contribution in [3.63, 3.8) is 0 Å². The van der Waals surface area contributed by atoms with E-state index in [1.807, 2.05) is 0 Å². The Morgan fingerprint density at radius 3 is 2.68 bits per heavy atom. The van der Waals surface area contributed by atoms with Gasteiger partial charge in [0.25, 0.3) is 11.6 Å². The van der Waals surface area contributed by atoms with Gasteiger partial charge in [-0.3, -0.25) is 14.9 Å². The molecule has 0 aliphatic carbocycles. The van der Waals surface area contributed by atoms with Gasteiger partial charge in [0.1, 0.15) is 11.5 Å². The number of benzene rings is 2. The predicted molar refractivity (Wildman–Crippen MR) is 103 cm³/mol. The maximum atomic E-state index is 11.9. The third-order valence-electron chi connectivity index (χ3n) is 3.78. The summed E-state index contributed by atoms with van der Waals surface area (Å²) in [5.74, 6) is -0.103. The van der Waals surface area contributed by atoms with Crippen LogP contribution in [0, 0.1) is 10.1 Å². The Labute approximate surface area is 164 Å². The summed E-state index contributed by atoms with van der Waals surface area (Å²) in [7, 11) is 0. The van der Waals surface area contributed by atoms with Crippen LogP contribution >= 0.6 is 11.6 Å². The molecule has 1 atom stereocenters. The fraction of sp³-hybridized carbons (Fsp3) is 0.0526. The summed E-state index contributed by atoms with van der Waals surface area (Å²) in [6.07, 6.45) is -0.112. The normalized spacial score (nSPS) is 12.1. The highest BCUT2D eigenvalue weighted by Crippen LogP contribution is 2.32. The quantitative estimate of drug-likeness (QED) is 0.372. The van der Waals surface area contributed by atoms with Crippen molar-refractivity contribution >= 4 is 29.4 Å². The van der Waals surface area contributed by atoms with Gasteiger partial charge in [-0.05, 0) is 23.8 Å². The van der Waals surface area contributed by atoms with Gasteiger partial charge in [-0.2, -0.15) is 5.10 Å². The van der Waals surface area contributed by atoms with Gasteiger partial charge in [-0.1, -0.05) is 41.9 Å². The van der Waals surface area contributed by atoms with Gasteiger partial charge >= 0.3 is 0 Å². The molecule has 142 valence electrons. The smallest absolute Gasteiger partial charge is 0.273 e. The highest BCUT2D eigenvalue weighted by atomic mass is 35.5. The van der Waals surface area contributed by atoms with Crippen molar-refractivity contribution in [2.24, 2.45) is 5.10 Å². The van der Waals surface area contributed by atoms with Crippen LogP contribution in [0.15, 0.2) is 70.2 Å². The molecule has 0 saturated heterocycles. The van der Waals surface area contributed by atoms with Gasteiger partial charge in [0.2, 0.25) is 0 Å². The number of nitrogens with one attached hydrogen (secondary N) is 1. The molecule has 0 bridgehead atoms. The van der Waals surface area contributed by atoms with Crippen molar-refractivity contribution in [1.82, 2.24) is 5.43 Å². The van der Waals surface area contributed by atoms with Crippen molar-refractivity contribution in [3.05, 3.63) is 87.1 Å². The van der Waals surface area contributed by atoms with E-state index in [0.29, 0.717) is 21.9 Å². The highest BCUT2D eigenvalue weighted by molar-refractivity contribution is 6.33. The van der Waals surface area contributed by atoms with Crippen molar-refractivity contribution in [2.45, 2.75) is 6.10 Å². The minimum absolute atomic E-state index is 0.117. The molecule has 0 fully saturated rings. The van der Waals surface area contributed by atoms with Crippen molar-refractivity contribution in [1.29, 1.82) is 0 Å². The molecule has 0 spiro atoms. The van der Waals surface area contributed by atoms with Crippen LogP contribution in [0.1, 0.15) is 17.4 Å². The summed E-state index contributed by atoms with van der Waals surface area (Å²) in [5.41, 5.74) is 2.90. The maximum Gasteiger partial charge on any atom is 0.273 e. The highest BCUT2D eigenvalue weighted by Gasteiger charge is 2.16. The molecule has 0 saturated carbocycles. The second kappa shape index (κ2) is 8.47. The van der Waals surface area contributed by atoms with Gasteiger partial charge in [0, 0.05) is 17.7 Å². The number of nitrogens with zero attached hydrogens (tertiary/aromatic N) is 2. The van der Waals surface area contributed by atoms with Gasteiger partial charge in [0.05, 0.1) is 16.2 Å². The number of halogens is 1. The van der Waals surface area contributed by atoms with Crippen LogP contribution in [0.2, 0.25) is 5.02 Å². The fourth-order valence-electron chi connectivity index (χ4n) is 2.39. The zero-order valence-electron chi connectivity index (χ0n) is 14.3. The number of hydrogen-bond donors (Lipinski definition) is 2. The van der Waals surface area contributed by atoms with E-state index in [-0.39, 0.29) is 11.4 Å². The lowest BCUT2D eigenvalue weighted by Gasteiger charge is -2.08. The molecule has 1 heterocycles. The van der Waals surface area contributed by atoms with E-state index < -0.39 is 16.9 Å². The number of non-ortho nitro benzene ring substituents is 1. The zero-order chi connectivity index (χ0) is 20.1. The standard InChI is InChI=1S/C19H14ClN3O5/c20-16-8-6-13(23(26)27)10-15(16)17-9-7-14(28-17)11-21-22-19(25)18(24)12-4-2-1-3-5-12/h1-11,18,24H,(H,22,25)/b21-11+. The number of carbonyl (C=O) groups is 1. The molecule has 2 N–H and O–H groups in total. The Morgan fingerprint density at radius 1 is 1.21 bits per heavy atom. The van der Waals surface area contributed by atoms with E-state index >= 15 is 0 Å². The minimum Gasteiger partial charge on any atom is -0.455 e. The molecule has 9 heteroatoms. The molecule has 1 unspecified atom stereocenters. The Kier molecular flexibility index (Phi) is 5.83. The first-order chi connectivity index (χ1) is 13.5. The fourth-order valence-corrected chi connectivity index (χ4v) is 2.60.